The van der Waals surface area contributed by atoms with Crippen LogP contribution in [0.2, 0.25) is 0 Å². The van der Waals surface area contributed by atoms with Crippen LogP contribution < -0.4 is 10.2 Å². The fourth-order valence-corrected chi connectivity index (χ4v) is 3.09. The Kier molecular flexibility index (Phi) is 4.35. The quantitative estimate of drug-likeness (QED) is 0.917. The van der Waals surface area contributed by atoms with E-state index in [1.807, 2.05) is 59.5 Å². The van der Waals surface area contributed by atoms with Crippen molar-refractivity contribution in [3.05, 3.63) is 71.9 Å². The first-order valence-electron chi connectivity index (χ1n) is 8.88. The van der Waals surface area contributed by atoms with Gasteiger partial charge >= 0.3 is 0 Å². The summed E-state index contributed by atoms with van der Waals surface area (Å²) in [6.07, 6.45) is 3.59. The number of carbonyl (C=O) groups excluding carboxylic acids is 1. The molecule has 0 saturated carbocycles. The van der Waals surface area contributed by atoms with Gasteiger partial charge in [-0.2, -0.15) is 0 Å². The largest absolute Gasteiger partial charge is 0.324 e. The third kappa shape index (κ3) is 2.92. The normalized spacial score (nSPS) is 15.8. The monoisotopic (exact) mass is 344 g/mol. The molecular formula is C21H20N4O. The zero-order valence-electron chi connectivity index (χ0n) is 14.6. The van der Waals surface area contributed by atoms with Crippen LogP contribution in [0.3, 0.4) is 0 Å². The van der Waals surface area contributed by atoms with Crippen molar-refractivity contribution >= 4 is 29.0 Å². The highest BCUT2D eigenvalue weighted by molar-refractivity contribution is 6.32. The molecule has 130 valence electrons. The van der Waals surface area contributed by atoms with Crippen molar-refractivity contribution in [1.82, 2.24) is 5.32 Å². The number of amides is 1. The van der Waals surface area contributed by atoms with Gasteiger partial charge < -0.3 is 10.2 Å². The van der Waals surface area contributed by atoms with E-state index in [-0.39, 0.29) is 5.91 Å². The molecule has 0 aromatic heterocycles. The van der Waals surface area contributed by atoms with Gasteiger partial charge in [0.05, 0.1) is 11.4 Å². The van der Waals surface area contributed by atoms with Crippen LogP contribution in [-0.2, 0) is 4.79 Å². The summed E-state index contributed by atoms with van der Waals surface area (Å²) in [5.74, 6) is 1.18. The third-order valence-corrected chi connectivity index (χ3v) is 4.48. The molecule has 1 amide bonds. The van der Waals surface area contributed by atoms with Gasteiger partial charge in [0, 0.05) is 18.3 Å². The minimum atomic E-state index is -0.0643. The first-order chi connectivity index (χ1) is 12.8. The van der Waals surface area contributed by atoms with E-state index in [1.54, 1.807) is 6.20 Å². The predicted molar refractivity (Wildman–Crippen MR) is 105 cm³/mol. The molecule has 0 unspecified atom stereocenters. The van der Waals surface area contributed by atoms with Crippen LogP contribution in [0.25, 0.3) is 0 Å². The Labute approximate surface area is 152 Å². The summed E-state index contributed by atoms with van der Waals surface area (Å²) in [7, 11) is 0. The van der Waals surface area contributed by atoms with Crippen LogP contribution in [0.5, 0.6) is 0 Å². The molecule has 5 nitrogen and oxygen atoms in total. The first kappa shape index (κ1) is 16.3. The van der Waals surface area contributed by atoms with E-state index in [0.717, 1.165) is 29.8 Å². The molecule has 0 bridgehead atoms. The van der Waals surface area contributed by atoms with Crippen molar-refractivity contribution < 1.29 is 4.79 Å². The Morgan fingerprint density at radius 3 is 2.58 bits per heavy atom. The van der Waals surface area contributed by atoms with E-state index in [0.29, 0.717) is 23.8 Å². The Balaban J connectivity index is 1.78. The lowest BCUT2D eigenvalue weighted by molar-refractivity contribution is -0.114. The second kappa shape index (κ2) is 6.96. The number of nitrogens with zero attached hydrogens (tertiary/aromatic N) is 3. The van der Waals surface area contributed by atoms with E-state index >= 15 is 0 Å². The van der Waals surface area contributed by atoms with Crippen LogP contribution in [0.1, 0.15) is 25.3 Å². The molecule has 0 fully saturated rings. The Bertz CT molecular complexity index is 928. The molecule has 5 heteroatoms. The molecule has 4 rings (SSSR count). The maximum atomic E-state index is 13.2. The minimum Gasteiger partial charge on any atom is -0.324 e. The summed E-state index contributed by atoms with van der Waals surface area (Å²) in [5, 5.41) is 3.24. The smallest absolute Gasteiger partial charge is 0.263 e. The van der Waals surface area contributed by atoms with Crippen LogP contribution >= 0.6 is 0 Å². The molecule has 26 heavy (non-hydrogen) atoms. The molecule has 2 heterocycles. The lowest BCUT2D eigenvalue weighted by Crippen LogP contribution is -2.41. The second-order valence-corrected chi connectivity index (χ2v) is 6.27. The standard InChI is InChI=1S/C21H20N4O/c1-2-3-13-25-18-12-8-7-11-17(18)23-20-16(21(25)26)14-22-19(24-20)15-9-5-4-6-10-15/h4-12,14H,2-3,13H2,1H3,(H,22,23,24). The summed E-state index contributed by atoms with van der Waals surface area (Å²) >= 11 is 0. The fraction of sp³-hybridized carbons (Fsp3) is 0.190. The Morgan fingerprint density at radius 2 is 1.77 bits per heavy atom. The highest BCUT2D eigenvalue weighted by Crippen LogP contribution is 2.33. The lowest BCUT2D eigenvalue weighted by atomic mass is 10.1. The molecule has 2 aliphatic heterocycles. The molecule has 0 aliphatic carbocycles. The van der Waals surface area contributed by atoms with Crippen molar-refractivity contribution in [2.75, 3.05) is 11.4 Å². The zero-order chi connectivity index (χ0) is 17.9. The number of amidine groups is 2. The van der Waals surface area contributed by atoms with Gasteiger partial charge in [-0.25, -0.2) is 9.98 Å². The highest BCUT2D eigenvalue weighted by Gasteiger charge is 2.30. The van der Waals surface area contributed by atoms with Crippen molar-refractivity contribution in [2.24, 2.45) is 9.98 Å². The number of fused-ring (bicyclic) bond motifs is 2. The summed E-state index contributed by atoms with van der Waals surface area (Å²) in [6, 6.07) is 17.6. The van der Waals surface area contributed by atoms with Crippen molar-refractivity contribution in [3.8, 4) is 0 Å². The Morgan fingerprint density at radius 1 is 1.00 bits per heavy atom. The van der Waals surface area contributed by atoms with Gasteiger partial charge in [-0.3, -0.25) is 4.79 Å². The third-order valence-electron chi connectivity index (χ3n) is 4.48. The van der Waals surface area contributed by atoms with Crippen LogP contribution in [-0.4, -0.2) is 24.1 Å². The van der Waals surface area contributed by atoms with E-state index in [1.165, 1.54) is 0 Å². The number of nitrogens with one attached hydrogen (secondary N) is 1. The number of anilines is 1. The molecule has 2 aliphatic rings. The van der Waals surface area contributed by atoms with E-state index in [2.05, 4.69) is 17.2 Å². The highest BCUT2D eigenvalue weighted by atomic mass is 16.2. The molecule has 2 aromatic rings. The predicted octanol–water partition coefficient (Wildman–Crippen LogP) is 3.80. The SMILES string of the molecule is CCCCN1C(=O)C2=CN=C(c3ccccc3)NC2=Nc2ccccc21. The van der Waals surface area contributed by atoms with Gasteiger partial charge in [-0.1, -0.05) is 55.8 Å². The number of hydrogen-bond acceptors (Lipinski definition) is 4. The summed E-state index contributed by atoms with van der Waals surface area (Å²) in [4.78, 5) is 24.2. The molecule has 0 atom stereocenters. The van der Waals surface area contributed by atoms with Crippen molar-refractivity contribution in [2.45, 2.75) is 19.8 Å². The fourth-order valence-electron chi connectivity index (χ4n) is 3.09. The average Bonchev–Trinajstić information content (AvgIpc) is 2.81. The van der Waals surface area contributed by atoms with Crippen LogP contribution in [0.15, 0.2) is 76.4 Å². The maximum absolute atomic E-state index is 13.2. The molecule has 1 N–H and O–H groups in total. The topological polar surface area (TPSA) is 57.1 Å². The maximum Gasteiger partial charge on any atom is 0.263 e. The van der Waals surface area contributed by atoms with Crippen molar-refractivity contribution in [3.63, 3.8) is 0 Å². The number of aliphatic imine (C=N–C) groups is 2. The number of unbranched alkanes of at least 4 members (excludes halogenated alkanes) is 1. The number of hydrogen-bond donors (Lipinski definition) is 1. The van der Waals surface area contributed by atoms with Crippen molar-refractivity contribution in [1.29, 1.82) is 0 Å². The average molecular weight is 344 g/mol. The number of carbonyl (C=O) groups is 1. The summed E-state index contributed by atoms with van der Waals surface area (Å²) in [5.41, 5.74) is 3.09. The molecular weight excluding hydrogens is 324 g/mol. The Hall–Kier alpha value is -3.21. The van der Waals surface area contributed by atoms with Crippen LogP contribution in [0.4, 0.5) is 11.4 Å². The van der Waals surface area contributed by atoms with Gasteiger partial charge in [0.15, 0.2) is 0 Å². The van der Waals surface area contributed by atoms with E-state index in [4.69, 9.17) is 4.99 Å². The van der Waals surface area contributed by atoms with Gasteiger partial charge in [-0.15, -0.1) is 0 Å². The zero-order valence-corrected chi connectivity index (χ0v) is 14.6. The van der Waals surface area contributed by atoms with Gasteiger partial charge in [0.2, 0.25) is 0 Å². The number of benzene rings is 2. The van der Waals surface area contributed by atoms with Gasteiger partial charge in [0.1, 0.15) is 17.2 Å². The molecule has 0 saturated heterocycles. The molecule has 2 aromatic carbocycles. The lowest BCUT2D eigenvalue weighted by Gasteiger charge is -2.23. The van der Waals surface area contributed by atoms with Crippen LogP contribution in [0, 0.1) is 0 Å². The number of rotatable bonds is 4. The van der Waals surface area contributed by atoms with Gasteiger partial charge in [0.25, 0.3) is 5.91 Å². The van der Waals surface area contributed by atoms with Gasteiger partial charge in [-0.05, 0) is 18.6 Å². The number of para-hydroxylation sites is 2. The molecule has 0 spiro atoms. The minimum absolute atomic E-state index is 0.0643. The first-order valence-corrected chi connectivity index (χ1v) is 8.88. The van der Waals surface area contributed by atoms with E-state index in [9.17, 15) is 4.79 Å². The summed E-state index contributed by atoms with van der Waals surface area (Å²) < 4.78 is 0. The van der Waals surface area contributed by atoms with E-state index < -0.39 is 0 Å². The summed E-state index contributed by atoms with van der Waals surface area (Å²) in [6.45, 7) is 2.79. The molecule has 0 radical (unpaired) electrons. The second-order valence-electron chi connectivity index (χ2n) is 6.27.